The smallest absolute Gasteiger partial charge is 0.290 e. The lowest BCUT2D eigenvalue weighted by molar-refractivity contribution is -0.00428. The number of nitrogens with zero attached hydrogens (tertiary/aromatic N) is 1. The van der Waals surface area contributed by atoms with Crippen LogP contribution in [0.1, 0.15) is 29.5 Å². The molecule has 1 aliphatic heterocycles. The van der Waals surface area contributed by atoms with E-state index in [1.807, 2.05) is 17.9 Å². The molecule has 112 valence electrons. The van der Waals surface area contributed by atoms with Crippen molar-refractivity contribution in [2.24, 2.45) is 0 Å². The largest absolute Gasteiger partial charge is 0.451 e. The van der Waals surface area contributed by atoms with Gasteiger partial charge in [-0.3, -0.25) is 4.79 Å². The highest BCUT2D eigenvalue weighted by Gasteiger charge is 2.30. The van der Waals surface area contributed by atoms with Crippen LogP contribution in [0.15, 0.2) is 22.6 Å². The molecule has 1 atom stereocenters. The Labute approximate surface area is 128 Å². The summed E-state index contributed by atoms with van der Waals surface area (Å²) in [4.78, 5) is 14.6. The molecule has 0 unspecified atom stereocenters. The topological polar surface area (TPSA) is 42.7 Å². The molecule has 1 saturated heterocycles. The van der Waals surface area contributed by atoms with Crippen LogP contribution in [0.25, 0.3) is 11.0 Å². The van der Waals surface area contributed by atoms with Crippen LogP contribution in [-0.4, -0.2) is 36.6 Å². The van der Waals surface area contributed by atoms with Crippen LogP contribution in [0.4, 0.5) is 0 Å². The van der Waals surface area contributed by atoms with Crippen molar-refractivity contribution in [1.82, 2.24) is 4.90 Å². The SMILES string of the molecule is CC[C@H]1COCCN1C(=O)c1oc2ccc(Cl)cc2c1C. The van der Waals surface area contributed by atoms with E-state index in [0.29, 0.717) is 36.1 Å². The number of benzene rings is 1. The average Bonchev–Trinajstić information content (AvgIpc) is 2.83. The highest BCUT2D eigenvalue weighted by molar-refractivity contribution is 6.31. The van der Waals surface area contributed by atoms with Gasteiger partial charge in [0.15, 0.2) is 5.76 Å². The van der Waals surface area contributed by atoms with Crippen molar-refractivity contribution in [3.8, 4) is 0 Å². The zero-order valence-corrected chi connectivity index (χ0v) is 12.9. The normalized spacial score (nSPS) is 19.2. The third-order valence-corrected chi connectivity index (χ3v) is 4.29. The molecule has 1 amide bonds. The van der Waals surface area contributed by atoms with Gasteiger partial charge in [-0.2, -0.15) is 0 Å². The predicted octanol–water partition coefficient (Wildman–Crippen LogP) is 3.65. The number of amides is 1. The molecule has 0 radical (unpaired) electrons. The van der Waals surface area contributed by atoms with Crippen LogP contribution in [-0.2, 0) is 4.74 Å². The summed E-state index contributed by atoms with van der Waals surface area (Å²) in [7, 11) is 0. The molecule has 1 aromatic carbocycles. The van der Waals surface area contributed by atoms with Gasteiger partial charge >= 0.3 is 0 Å². The summed E-state index contributed by atoms with van der Waals surface area (Å²) in [5.74, 6) is 0.350. The number of fused-ring (bicyclic) bond motifs is 1. The zero-order valence-electron chi connectivity index (χ0n) is 12.2. The maximum Gasteiger partial charge on any atom is 0.290 e. The van der Waals surface area contributed by atoms with Crippen molar-refractivity contribution in [3.05, 3.63) is 34.5 Å². The van der Waals surface area contributed by atoms with Crippen molar-refractivity contribution in [2.45, 2.75) is 26.3 Å². The molecule has 0 aliphatic carbocycles. The van der Waals surface area contributed by atoms with Gasteiger partial charge in [-0.25, -0.2) is 0 Å². The molecule has 1 fully saturated rings. The zero-order chi connectivity index (χ0) is 15.0. The summed E-state index contributed by atoms with van der Waals surface area (Å²) in [6.07, 6.45) is 0.872. The minimum absolute atomic E-state index is 0.0602. The fourth-order valence-electron chi connectivity index (χ4n) is 2.79. The van der Waals surface area contributed by atoms with Crippen LogP contribution >= 0.6 is 11.6 Å². The highest BCUT2D eigenvalue weighted by atomic mass is 35.5. The minimum Gasteiger partial charge on any atom is -0.451 e. The van der Waals surface area contributed by atoms with Gasteiger partial charge in [-0.15, -0.1) is 0 Å². The Morgan fingerprint density at radius 1 is 1.48 bits per heavy atom. The Balaban J connectivity index is 1.99. The molecule has 4 nitrogen and oxygen atoms in total. The van der Waals surface area contributed by atoms with Crippen molar-refractivity contribution in [1.29, 1.82) is 0 Å². The Morgan fingerprint density at radius 3 is 3.05 bits per heavy atom. The van der Waals surface area contributed by atoms with E-state index in [-0.39, 0.29) is 11.9 Å². The summed E-state index contributed by atoms with van der Waals surface area (Å²) in [5.41, 5.74) is 1.54. The average molecular weight is 308 g/mol. The molecule has 1 aromatic heterocycles. The lowest BCUT2D eigenvalue weighted by Gasteiger charge is -2.34. The van der Waals surface area contributed by atoms with E-state index in [4.69, 9.17) is 20.8 Å². The third-order valence-electron chi connectivity index (χ3n) is 4.05. The van der Waals surface area contributed by atoms with Crippen molar-refractivity contribution >= 4 is 28.5 Å². The number of halogens is 1. The molecule has 2 heterocycles. The van der Waals surface area contributed by atoms with Gasteiger partial charge in [0.25, 0.3) is 5.91 Å². The first-order valence-corrected chi connectivity index (χ1v) is 7.57. The molecule has 1 aliphatic rings. The van der Waals surface area contributed by atoms with E-state index in [1.165, 1.54) is 0 Å². The summed E-state index contributed by atoms with van der Waals surface area (Å²) in [6.45, 7) is 5.73. The van der Waals surface area contributed by atoms with Gasteiger partial charge < -0.3 is 14.1 Å². The molecule has 2 aromatic rings. The van der Waals surface area contributed by atoms with Gasteiger partial charge in [-0.1, -0.05) is 18.5 Å². The standard InChI is InChI=1S/C16H18ClNO3/c1-3-12-9-20-7-6-18(12)16(19)15-10(2)13-8-11(17)4-5-14(13)21-15/h4-5,8,12H,3,6-7,9H2,1-2H3/t12-/m0/s1. The van der Waals surface area contributed by atoms with Gasteiger partial charge in [-0.05, 0) is 31.5 Å². The number of rotatable bonds is 2. The first kappa shape index (κ1) is 14.4. The molecule has 0 N–H and O–H groups in total. The van der Waals surface area contributed by atoms with E-state index in [0.717, 1.165) is 17.4 Å². The van der Waals surface area contributed by atoms with Crippen LogP contribution < -0.4 is 0 Å². The summed E-state index contributed by atoms with van der Waals surface area (Å²) in [6, 6.07) is 5.52. The van der Waals surface area contributed by atoms with Crippen LogP contribution in [0.2, 0.25) is 5.02 Å². The molecule has 5 heteroatoms. The van der Waals surface area contributed by atoms with Gasteiger partial charge in [0, 0.05) is 22.5 Å². The summed E-state index contributed by atoms with van der Waals surface area (Å²) < 4.78 is 11.2. The number of ether oxygens (including phenoxy) is 1. The summed E-state index contributed by atoms with van der Waals surface area (Å²) in [5, 5.41) is 1.54. The Hall–Kier alpha value is -1.52. The number of carbonyl (C=O) groups excluding carboxylic acids is 1. The fourth-order valence-corrected chi connectivity index (χ4v) is 2.96. The van der Waals surface area contributed by atoms with Crippen molar-refractivity contribution < 1.29 is 13.9 Å². The minimum atomic E-state index is -0.0602. The quantitative estimate of drug-likeness (QED) is 0.850. The predicted molar refractivity (Wildman–Crippen MR) is 81.9 cm³/mol. The van der Waals surface area contributed by atoms with E-state index in [9.17, 15) is 4.79 Å². The number of furan rings is 1. The molecule has 0 bridgehead atoms. The van der Waals surface area contributed by atoms with Crippen LogP contribution in [0.5, 0.6) is 0 Å². The van der Waals surface area contributed by atoms with Gasteiger partial charge in [0.2, 0.25) is 0 Å². The number of morpholine rings is 1. The number of hydrogen-bond donors (Lipinski definition) is 0. The molecule has 21 heavy (non-hydrogen) atoms. The Kier molecular flexibility index (Phi) is 3.91. The van der Waals surface area contributed by atoms with E-state index >= 15 is 0 Å². The second-order valence-electron chi connectivity index (χ2n) is 5.33. The van der Waals surface area contributed by atoms with Crippen LogP contribution in [0.3, 0.4) is 0 Å². The summed E-state index contributed by atoms with van der Waals surface area (Å²) >= 11 is 6.02. The molecule has 0 saturated carbocycles. The maximum absolute atomic E-state index is 12.8. The van der Waals surface area contributed by atoms with Gasteiger partial charge in [0.1, 0.15) is 5.58 Å². The second-order valence-corrected chi connectivity index (χ2v) is 5.77. The lowest BCUT2D eigenvalue weighted by atomic mass is 10.1. The number of hydrogen-bond acceptors (Lipinski definition) is 3. The number of aryl methyl sites for hydroxylation is 1. The van der Waals surface area contributed by atoms with Gasteiger partial charge in [0.05, 0.1) is 19.3 Å². The monoisotopic (exact) mass is 307 g/mol. The Morgan fingerprint density at radius 2 is 2.29 bits per heavy atom. The Bertz CT molecular complexity index is 679. The number of carbonyl (C=O) groups is 1. The highest BCUT2D eigenvalue weighted by Crippen LogP contribution is 2.29. The molecule has 0 spiro atoms. The fraction of sp³-hybridized carbons (Fsp3) is 0.438. The van der Waals surface area contributed by atoms with Crippen molar-refractivity contribution in [2.75, 3.05) is 19.8 Å². The first-order chi connectivity index (χ1) is 10.1. The third kappa shape index (κ3) is 2.54. The van der Waals surface area contributed by atoms with E-state index in [2.05, 4.69) is 6.92 Å². The second kappa shape index (κ2) is 5.70. The molecular weight excluding hydrogens is 290 g/mol. The first-order valence-electron chi connectivity index (χ1n) is 7.19. The van der Waals surface area contributed by atoms with E-state index < -0.39 is 0 Å². The lowest BCUT2D eigenvalue weighted by Crippen LogP contribution is -2.48. The van der Waals surface area contributed by atoms with Crippen LogP contribution in [0, 0.1) is 6.92 Å². The molecule has 3 rings (SSSR count). The maximum atomic E-state index is 12.8. The van der Waals surface area contributed by atoms with E-state index in [1.54, 1.807) is 12.1 Å². The van der Waals surface area contributed by atoms with Crippen molar-refractivity contribution in [3.63, 3.8) is 0 Å². The molecular formula is C16H18ClNO3.